The lowest BCUT2D eigenvalue weighted by atomic mass is 10.2. The summed E-state index contributed by atoms with van der Waals surface area (Å²) in [5, 5.41) is 8.89. The molecule has 0 saturated carbocycles. The van der Waals surface area contributed by atoms with Crippen LogP contribution >= 0.6 is 0 Å². The second kappa shape index (κ2) is 5.71. The second-order valence-electron chi connectivity index (χ2n) is 5.00. The summed E-state index contributed by atoms with van der Waals surface area (Å²) >= 11 is 0. The molecule has 6 heteroatoms. The third-order valence-corrected chi connectivity index (χ3v) is 3.69. The van der Waals surface area contributed by atoms with E-state index >= 15 is 0 Å². The van der Waals surface area contributed by atoms with Crippen LogP contribution in [0, 0.1) is 0 Å². The fraction of sp³-hybridized carbons (Fsp3) is 0.692. The van der Waals surface area contributed by atoms with Crippen LogP contribution < -0.4 is 0 Å². The Bertz CT molecular complexity index is 434. The van der Waals surface area contributed by atoms with Crippen molar-refractivity contribution in [2.45, 2.75) is 39.4 Å². The van der Waals surface area contributed by atoms with Gasteiger partial charge in [0.2, 0.25) is 0 Å². The van der Waals surface area contributed by atoms with Crippen molar-refractivity contribution in [2.24, 2.45) is 0 Å². The molecule has 6 nitrogen and oxygen atoms in total. The minimum atomic E-state index is -0.169. The Balaban J connectivity index is 2.06. The SMILES string of the molecule is CCC(C)N(C)C(=O)c1nc2c(o1)CN(CCO)C2. The topological polar surface area (TPSA) is 69.8 Å². The molecule has 0 fully saturated rings. The van der Waals surface area contributed by atoms with E-state index in [0.29, 0.717) is 19.6 Å². The summed E-state index contributed by atoms with van der Waals surface area (Å²) in [6.45, 7) is 6.01. The summed E-state index contributed by atoms with van der Waals surface area (Å²) in [6, 6.07) is 0.167. The van der Waals surface area contributed by atoms with Crippen LogP contribution in [-0.2, 0) is 13.1 Å². The van der Waals surface area contributed by atoms with Crippen LogP contribution in [0.3, 0.4) is 0 Å². The summed E-state index contributed by atoms with van der Waals surface area (Å²) < 4.78 is 5.55. The van der Waals surface area contributed by atoms with Crippen LogP contribution in [-0.4, -0.2) is 52.0 Å². The van der Waals surface area contributed by atoms with E-state index in [1.54, 1.807) is 11.9 Å². The van der Waals surface area contributed by atoms with E-state index in [1.165, 1.54) is 0 Å². The molecule has 0 aliphatic carbocycles. The van der Waals surface area contributed by atoms with Crippen LogP contribution in [0.25, 0.3) is 0 Å². The van der Waals surface area contributed by atoms with Gasteiger partial charge >= 0.3 is 5.91 Å². The molecule has 1 N–H and O–H groups in total. The van der Waals surface area contributed by atoms with Crippen LogP contribution in [0.2, 0.25) is 0 Å². The predicted octanol–water partition coefficient (Wildman–Crippen LogP) is 0.853. The molecule has 1 atom stereocenters. The quantitative estimate of drug-likeness (QED) is 0.856. The number of nitrogens with zero attached hydrogens (tertiary/aromatic N) is 3. The lowest BCUT2D eigenvalue weighted by molar-refractivity contribution is 0.0695. The predicted molar refractivity (Wildman–Crippen MR) is 69.5 cm³/mol. The Kier molecular flexibility index (Phi) is 4.21. The van der Waals surface area contributed by atoms with Crippen LogP contribution in [0.15, 0.2) is 4.42 Å². The van der Waals surface area contributed by atoms with E-state index in [9.17, 15) is 4.79 Å². The van der Waals surface area contributed by atoms with Gasteiger partial charge in [-0.1, -0.05) is 6.92 Å². The molecular weight excluding hydrogens is 246 g/mol. The molecule has 0 spiro atoms. The number of aliphatic hydroxyl groups excluding tert-OH is 1. The molecule has 0 radical (unpaired) electrons. The van der Waals surface area contributed by atoms with Crippen molar-refractivity contribution >= 4 is 5.91 Å². The average Bonchev–Trinajstić information content (AvgIpc) is 2.94. The first kappa shape index (κ1) is 14.0. The van der Waals surface area contributed by atoms with Crippen molar-refractivity contribution in [2.75, 3.05) is 20.2 Å². The first-order valence-electron chi connectivity index (χ1n) is 6.65. The van der Waals surface area contributed by atoms with E-state index in [0.717, 1.165) is 17.9 Å². The van der Waals surface area contributed by atoms with Gasteiger partial charge in [0.05, 0.1) is 18.8 Å². The Morgan fingerprint density at radius 1 is 1.58 bits per heavy atom. The molecule has 2 rings (SSSR count). The van der Waals surface area contributed by atoms with Crippen LogP contribution in [0.4, 0.5) is 0 Å². The van der Waals surface area contributed by atoms with Crippen molar-refractivity contribution in [3.8, 4) is 0 Å². The summed E-state index contributed by atoms with van der Waals surface area (Å²) in [4.78, 5) is 20.1. The van der Waals surface area contributed by atoms with Crippen molar-refractivity contribution in [1.82, 2.24) is 14.8 Å². The van der Waals surface area contributed by atoms with E-state index < -0.39 is 0 Å². The lowest BCUT2D eigenvalue weighted by Crippen LogP contribution is -2.34. The Morgan fingerprint density at radius 3 is 2.89 bits per heavy atom. The fourth-order valence-corrected chi connectivity index (χ4v) is 2.12. The number of rotatable bonds is 5. The number of oxazole rings is 1. The highest BCUT2D eigenvalue weighted by Crippen LogP contribution is 2.23. The number of fused-ring (bicyclic) bond motifs is 1. The van der Waals surface area contributed by atoms with Crippen LogP contribution in [0.5, 0.6) is 0 Å². The highest BCUT2D eigenvalue weighted by Gasteiger charge is 2.29. The molecule has 106 valence electrons. The van der Waals surface area contributed by atoms with Gasteiger partial charge in [-0.2, -0.15) is 0 Å². The number of amides is 1. The second-order valence-corrected chi connectivity index (χ2v) is 5.00. The number of hydrogen-bond acceptors (Lipinski definition) is 5. The van der Waals surface area contributed by atoms with Gasteiger partial charge in [0.1, 0.15) is 5.76 Å². The van der Waals surface area contributed by atoms with E-state index in [1.807, 2.05) is 18.7 Å². The van der Waals surface area contributed by atoms with Crippen LogP contribution in [0.1, 0.15) is 42.4 Å². The molecule has 1 aromatic heterocycles. The zero-order valence-electron chi connectivity index (χ0n) is 11.7. The van der Waals surface area contributed by atoms with Gasteiger partial charge in [-0.15, -0.1) is 0 Å². The highest BCUT2D eigenvalue weighted by atomic mass is 16.4. The van der Waals surface area contributed by atoms with Crippen molar-refractivity contribution in [3.63, 3.8) is 0 Å². The monoisotopic (exact) mass is 267 g/mol. The average molecular weight is 267 g/mol. The number of β-amino-alcohol motifs (C(OH)–C–C–N with tert-alkyl or cyclic N) is 1. The molecular formula is C13H21N3O3. The molecule has 2 heterocycles. The van der Waals surface area contributed by atoms with Crippen molar-refractivity contribution in [3.05, 3.63) is 17.3 Å². The number of carbonyl (C=O) groups excluding carboxylic acids is 1. The Hall–Kier alpha value is -1.40. The smallest absolute Gasteiger partial charge is 0.309 e. The zero-order chi connectivity index (χ0) is 14.0. The maximum Gasteiger partial charge on any atom is 0.309 e. The molecule has 19 heavy (non-hydrogen) atoms. The summed E-state index contributed by atoms with van der Waals surface area (Å²) in [5.41, 5.74) is 0.814. The van der Waals surface area contributed by atoms with Gasteiger partial charge in [-0.3, -0.25) is 9.69 Å². The maximum atomic E-state index is 12.2. The summed E-state index contributed by atoms with van der Waals surface area (Å²) in [6.07, 6.45) is 0.896. The fourth-order valence-electron chi connectivity index (χ4n) is 2.12. The highest BCUT2D eigenvalue weighted by molar-refractivity contribution is 5.89. The minimum Gasteiger partial charge on any atom is -0.436 e. The number of aromatic nitrogens is 1. The number of hydrogen-bond donors (Lipinski definition) is 1. The Morgan fingerprint density at radius 2 is 2.32 bits per heavy atom. The first-order chi connectivity index (χ1) is 9.06. The van der Waals surface area contributed by atoms with Crippen molar-refractivity contribution < 1.29 is 14.3 Å². The lowest BCUT2D eigenvalue weighted by Gasteiger charge is -2.22. The van der Waals surface area contributed by atoms with E-state index in [-0.39, 0.29) is 24.4 Å². The molecule has 1 aliphatic heterocycles. The standard InChI is InChI=1S/C13H21N3O3/c1-4-9(2)15(3)13(18)12-14-10-7-16(5-6-17)8-11(10)19-12/h9,17H,4-8H2,1-3H3. The van der Waals surface area contributed by atoms with Gasteiger partial charge in [0.15, 0.2) is 0 Å². The van der Waals surface area contributed by atoms with Crippen molar-refractivity contribution in [1.29, 1.82) is 0 Å². The van der Waals surface area contributed by atoms with Gasteiger partial charge in [-0.05, 0) is 13.3 Å². The molecule has 1 amide bonds. The molecule has 1 unspecified atom stereocenters. The molecule has 1 aromatic rings. The minimum absolute atomic E-state index is 0.118. The third kappa shape index (κ3) is 2.79. The Labute approximate surface area is 113 Å². The van der Waals surface area contributed by atoms with E-state index in [4.69, 9.17) is 9.52 Å². The molecule has 0 saturated heterocycles. The first-order valence-corrected chi connectivity index (χ1v) is 6.65. The summed E-state index contributed by atoms with van der Waals surface area (Å²) in [5.74, 6) is 0.753. The van der Waals surface area contributed by atoms with Gasteiger partial charge in [-0.25, -0.2) is 4.98 Å². The largest absolute Gasteiger partial charge is 0.436 e. The van der Waals surface area contributed by atoms with Gasteiger partial charge < -0.3 is 14.4 Å². The normalized spacial score (nSPS) is 16.4. The van der Waals surface area contributed by atoms with E-state index in [2.05, 4.69) is 4.98 Å². The van der Waals surface area contributed by atoms with Gasteiger partial charge in [0.25, 0.3) is 5.89 Å². The van der Waals surface area contributed by atoms with Gasteiger partial charge in [0, 0.05) is 26.2 Å². The summed E-state index contributed by atoms with van der Waals surface area (Å²) in [7, 11) is 1.77. The number of carbonyl (C=O) groups is 1. The number of aliphatic hydroxyl groups is 1. The maximum absolute atomic E-state index is 12.2. The molecule has 1 aliphatic rings. The molecule has 0 bridgehead atoms. The molecule has 0 aromatic carbocycles. The third-order valence-electron chi connectivity index (χ3n) is 3.69. The zero-order valence-corrected chi connectivity index (χ0v) is 11.7.